The first-order valence-electron chi connectivity index (χ1n) is 10.4. The Morgan fingerprint density at radius 2 is 1.70 bits per heavy atom. The number of rotatable bonds is 7. The molecule has 0 aliphatic heterocycles. The van der Waals surface area contributed by atoms with Crippen LogP contribution in [0.1, 0.15) is 27.2 Å². The van der Waals surface area contributed by atoms with Gasteiger partial charge in [0.1, 0.15) is 17.3 Å². The van der Waals surface area contributed by atoms with E-state index < -0.39 is 0 Å². The molecular formula is C26H24FN3O3. The van der Waals surface area contributed by atoms with Gasteiger partial charge in [0.05, 0.1) is 20.4 Å². The van der Waals surface area contributed by atoms with E-state index in [1.54, 1.807) is 36.5 Å². The fourth-order valence-corrected chi connectivity index (χ4v) is 3.76. The molecule has 3 aromatic carbocycles. The molecule has 4 rings (SSSR count). The molecule has 1 N–H and O–H groups in total. The van der Waals surface area contributed by atoms with Crippen molar-refractivity contribution < 1.29 is 18.7 Å². The number of hydrogen-bond acceptors (Lipinski definition) is 4. The Labute approximate surface area is 191 Å². The fourth-order valence-electron chi connectivity index (χ4n) is 3.76. The molecule has 0 saturated carbocycles. The van der Waals surface area contributed by atoms with E-state index in [2.05, 4.69) is 15.1 Å². The van der Waals surface area contributed by atoms with Crippen molar-refractivity contribution >= 4 is 23.0 Å². The molecule has 0 unspecified atom stereocenters. The maximum absolute atomic E-state index is 13.3. The Kier molecular flexibility index (Phi) is 6.40. The minimum Gasteiger partial charge on any atom is -0.497 e. The summed E-state index contributed by atoms with van der Waals surface area (Å²) < 4.78 is 25.9. The third-order valence-electron chi connectivity index (χ3n) is 5.51. The van der Waals surface area contributed by atoms with Gasteiger partial charge in [-0.1, -0.05) is 30.3 Å². The minimum absolute atomic E-state index is 0.259. The largest absolute Gasteiger partial charge is 0.497 e. The molecule has 1 heterocycles. The molecular weight excluding hydrogens is 421 g/mol. The second kappa shape index (κ2) is 9.56. The zero-order valence-corrected chi connectivity index (χ0v) is 18.6. The normalized spacial score (nSPS) is 11.2. The van der Waals surface area contributed by atoms with Gasteiger partial charge in [-0.2, -0.15) is 5.10 Å². The monoisotopic (exact) mass is 445 g/mol. The first-order valence-corrected chi connectivity index (χ1v) is 10.4. The van der Waals surface area contributed by atoms with Crippen LogP contribution in [0, 0.1) is 12.7 Å². The topological polar surface area (TPSA) is 64.8 Å². The van der Waals surface area contributed by atoms with E-state index in [1.807, 2.05) is 31.2 Å². The number of nitrogens with zero attached hydrogens (tertiary/aromatic N) is 2. The summed E-state index contributed by atoms with van der Waals surface area (Å²) in [6.07, 6.45) is 1.65. The second-order valence-corrected chi connectivity index (χ2v) is 7.53. The Bertz CT molecular complexity index is 1300. The van der Waals surface area contributed by atoms with Crippen LogP contribution in [0.2, 0.25) is 0 Å². The van der Waals surface area contributed by atoms with Gasteiger partial charge in [0.15, 0.2) is 0 Å². The number of aromatic nitrogens is 1. The number of carbonyl (C=O) groups excluding carboxylic acids is 1. The van der Waals surface area contributed by atoms with Crippen LogP contribution in [0.25, 0.3) is 10.9 Å². The number of hydrazone groups is 1. The van der Waals surface area contributed by atoms with Crippen molar-refractivity contribution in [2.45, 2.75) is 13.5 Å². The maximum Gasteiger partial charge on any atom is 0.271 e. The van der Waals surface area contributed by atoms with Crippen LogP contribution in [-0.4, -0.2) is 30.9 Å². The van der Waals surface area contributed by atoms with E-state index in [0.29, 0.717) is 23.6 Å². The SMILES string of the molecule is COc1cc(OC)cc(C(=O)NN=Cc2c(C)n(Cc3ccc(F)cc3)c3ccccc23)c1. The van der Waals surface area contributed by atoms with E-state index in [9.17, 15) is 9.18 Å². The van der Waals surface area contributed by atoms with Crippen molar-refractivity contribution in [1.82, 2.24) is 9.99 Å². The number of fused-ring (bicyclic) bond motifs is 1. The molecule has 1 aromatic heterocycles. The van der Waals surface area contributed by atoms with Crippen LogP contribution >= 0.6 is 0 Å². The number of ether oxygens (including phenoxy) is 2. The lowest BCUT2D eigenvalue weighted by Crippen LogP contribution is -2.17. The van der Waals surface area contributed by atoms with Gasteiger partial charge in [-0.25, -0.2) is 9.82 Å². The summed E-state index contributed by atoms with van der Waals surface area (Å²) in [5, 5.41) is 5.21. The molecule has 0 spiro atoms. The number of carbonyl (C=O) groups is 1. The first-order chi connectivity index (χ1) is 16.0. The number of benzene rings is 3. The van der Waals surface area contributed by atoms with Crippen molar-refractivity contribution in [2.24, 2.45) is 5.10 Å². The zero-order chi connectivity index (χ0) is 23.4. The highest BCUT2D eigenvalue weighted by Crippen LogP contribution is 2.26. The molecule has 33 heavy (non-hydrogen) atoms. The molecule has 0 saturated heterocycles. The van der Waals surface area contributed by atoms with E-state index >= 15 is 0 Å². The number of para-hydroxylation sites is 1. The molecule has 0 aliphatic rings. The summed E-state index contributed by atoms with van der Waals surface area (Å²) >= 11 is 0. The van der Waals surface area contributed by atoms with Crippen molar-refractivity contribution in [2.75, 3.05) is 14.2 Å². The summed E-state index contributed by atoms with van der Waals surface area (Å²) in [6.45, 7) is 2.59. The van der Waals surface area contributed by atoms with Crippen LogP contribution in [0.5, 0.6) is 11.5 Å². The lowest BCUT2D eigenvalue weighted by molar-refractivity contribution is 0.0954. The van der Waals surface area contributed by atoms with Gasteiger partial charge in [0.25, 0.3) is 5.91 Å². The van der Waals surface area contributed by atoms with Gasteiger partial charge in [-0.15, -0.1) is 0 Å². The van der Waals surface area contributed by atoms with E-state index in [-0.39, 0.29) is 11.7 Å². The number of hydrogen-bond donors (Lipinski definition) is 1. The zero-order valence-electron chi connectivity index (χ0n) is 18.6. The maximum atomic E-state index is 13.3. The van der Waals surface area contributed by atoms with Crippen LogP contribution in [0.4, 0.5) is 4.39 Å². The molecule has 0 radical (unpaired) electrons. The van der Waals surface area contributed by atoms with E-state index in [0.717, 1.165) is 27.7 Å². The van der Waals surface area contributed by atoms with Crippen LogP contribution in [0.3, 0.4) is 0 Å². The highest BCUT2D eigenvalue weighted by Gasteiger charge is 2.14. The summed E-state index contributed by atoms with van der Waals surface area (Å²) in [5.41, 5.74) is 6.86. The smallest absolute Gasteiger partial charge is 0.271 e. The lowest BCUT2D eigenvalue weighted by atomic mass is 10.1. The number of halogens is 1. The molecule has 0 fully saturated rings. The molecule has 1 amide bonds. The first kappa shape index (κ1) is 22.1. The van der Waals surface area contributed by atoms with Gasteiger partial charge in [0.2, 0.25) is 0 Å². The van der Waals surface area contributed by atoms with Crippen molar-refractivity contribution in [3.05, 3.63) is 94.9 Å². The standard InChI is InChI=1S/C26H24FN3O3/c1-17-24(15-28-29-26(31)19-12-21(32-2)14-22(13-19)33-3)23-6-4-5-7-25(23)30(17)16-18-8-10-20(27)11-9-18/h4-15H,16H2,1-3H3,(H,29,31). The van der Waals surface area contributed by atoms with Gasteiger partial charge in [-0.3, -0.25) is 4.79 Å². The predicted molar refractivity (Wildman–Crippen MR) is 127 cm³/mol. The molecule has 168 valence electrons. The molecule has 4 aromatic rings. The average molecular weight is 445 g/mol. The molecule has 0 atom stereocenters. The van der Waals surface area contributed by atoms with E-state index in [1.165, 1.54) is 26.4 Å². The number of nitrogens with one attached hydrogen (secondary N) is 1. The minimum atomic E-state index is -0.379. The predicted octanol–water partition coefficient (Wildman–Crippen LogP) is 4.92. The summed E-state index contributed by atoms with van der Waals surface area (Å²) in [6, 6.07) is 19.4. The average Bonchev–Trinajstić information content (AvgIpc) is 3.10. The molecule has 0 bridgehead atoms. The second-order valence-electron chi connectivity index (χ2n) is 7.53. The van der Waals surface area contributed by atoms with Gasteiger partial charge in [0, 0.05) is 40.3 Å². The van der Waals surface area contributed by atoms with Crippen LogP contribution in [-0.2, 0) is 6.54 Å². The Morgan fingerprint density at radius 1 is 1.03 bits per heavy atom. The van der Waals surface area contributed by atoms with Gasteiger partial charge < -0.3 is 14.0 Å². The fraction of sp³-hybridized carbons (Fsp3) is 0.154. The quantitative estimate of drug-likeness (QED) is 0.324. The van der Waals surface area contributed by atoms with E-state index in [4.69, 9.17) is 9.47 Å². The van der Waals surface area contributed by atoms with Crippen molar-refractivity contribution in [3.63, 3.8) is 0 Å². The summed E-state index contributed by atoms with van der Waals surface area (Å²) in [7, 11) is 3.05. The summed E-state index contributed by atoms with van der Waals surface area (Å²) in [5.74, 6) is 0.396. The molecule has 0 aliphatic carbocycles. The Hall–Kier alpha value is -4.13. The number of amides is 1. The van der Waals surface area contributed by atoms with Crippen LogP contribution in [0.15, 0.2) is 71.8 Å². The molecule has 6 nitrogen and oxygen atoms in total. The molecule has 7 heteroatoms. The van der Waals surface area contributed by atoms with Gasteiger partial charge in [-0.05, 0) is 42.8 Å². The Balaban J connectivity index is 1.60. The van der Waals surface area contributed by atoms with Gasteiger partial charge >= 0.3 is 0 Å². The third kappa shape index (κ3) is 4.72. The van der Waals surface area contributed by atoms with Crippen molar-refractivity contribution in [3.8, 4) is 11.5 Å². The highest BCUT2D eigenvalue weighted by atomic mass is 19.1. The third-order valence-corrected chi connectivity index (χ3v) is 5.51. The van der Waals surface area contributed by atoms with Crippen LogP contribution < -0.4 is 14.9 Å². The summed E-state index contributed by atoms with van der Waals surface area (Å²) in [4.78, 5) is 12.6. The highest BCUT2D eigenvalue weighted by molar-refractivity contribution is 6.02. The lowest BCUT2D eigenvalue weighted by Gasteiger charge is -2.09. The number of methoxy groups -OCH3 is 2. The van der Waals surface area contributed by atoms with Crippen molar-refractivity contribution in [1.29, 1.82) is 0 Å². The Morgan fingerprint density at radius 3 is 2.36 bits per heavy atom.